The molecule has 4 aromatic carbocycles. The van der Waals surface area contributed by atoms with Crippen LogP contribution in [0.5, 0.6) is 0 Å². The van der Waals surface area contributed by atoms with Gasteiger partial charge in [-0.3, -0.25) is 4.79 Å². The predicted octanol–water partition coefficient (Wildman–Crippen LogP) is 5.42. The van der Waals surface area contributed by atoms with E-state index in [9.17, 15) is 4.79 Å². The van der Waals surface area contributed by atoms with Gasteiger partial charge < -0.3 is 11.5 Å². The van der Waals surface area contributed by atoms with E-state index < -0.39 is 0 Å². The number of rotatable bonds is 4. The first kappa shape index (κ1) is 17.6. The lowest BCUT2D eigenvalue weighted by molar-refractivity contribution is 0.103. The summed E-state index contributed by atoms with van der Waals surface area (Å²) in [5.74, 6) is -0.0926. The number of anilines is 2. The summed E-state index contributed by atoms with van der Waals surface area (Å²) >= 11 is 0. The van der Waals surface area contributed by atoms with Crippen molar-refractivity contribution in [1.29, 1.82) is 0 Å². The smallest absolute Gasteiger partial charge is 0.193 e. The summed E-state index contributed by atoms with van der Waals surface area (Å²) in [4.78, 5) is 12.7. The largest absolute Gasteiger partial charge is 0.399 e. The van der Waals surface area contributed by atoms with Gasteiger partial charge in [-0.1, -0.05) is 78.9 Å². The Morgan fingerprint density at radius 1 is 0.500 bits per heavy atom. The first-order valence-electron chi connectivity index (χ1n) is 9.07. The average Bonchev–Trinajstić information content (AvgIpc) is 2.73. The molecule has 0 heterocycles. The molecule has 4 rings (SSSR count). The van der Waals surface area contributed by atoms with Crippen molar-refractivity contribution in [2.45, 2.75) is 0 Å². The molecule has 0 aliphatic heterocycles. The molecule has 0 saturated carbocycles. The molecule has 0 radical (unpaired) electrons. The molecule has 136 valence electrons. The van der Waals surface area contributed by atoms with Gasteiger partial charge in [0.15, 0.2) is 5.78 Å². The summed E-state index contributed by atoms with van der Waals surface area (Å²) in [5.41, 5.74) is 18.2. The third kappa shape index (κ3) is 3.64. The number of carbonyl (C=O) groups excluding carboxylic acids is 1. The molecule has 0 aliphatic rings. The molecular formula is C25H20N2O. The zero-order chi connectivity index (χ0) is 19.5. The van der Waals surface area contributed by atoms with Gasteiger partial charge in [0.05, 0.1) is 0 Å². The van der Waals surface area contributed by atoms with Crippen LogP contribution in [0, 0.1) is 0 Å². The number of nitrogens with two attached hydrogens (primary N) is 2. The maximum atomic E-state index is 12.7. The Morgan fingerprint density at radius 3 is 1.43 bits per heavy atom. The van der Waals surface area contributed by atoms with Crippen molar-refractivity contribution in [3.8, 4) is 22.3 Å². The molecule has 0 spiro atoms. The minimum atomic E-state index is -0.0926. The van der Waals surface area contributed by atoms with Gasteiger partial charge in [0.2, 0.25) is 0 Å². The lowest BCUT2D eigenvalue weighted by atomic mass is 9.97. The van der Waals surface area contributed by atoms with Gasteiger partial charge in [0.25, 0.3) is 0 Å². The van der Waals surface area contributed by atoms with Crippen molar-refractivity contribution in [3.05, 3.63) is 108 Å². The van der Waals surface area contributed by atoms with Crippen LogP contribution in [-0.2, 0) is 0 Å². The molecule has 4 aromatic rings. The average molecular weight is 364 g/mol. The van der Waals surface area contributed by atoms with E-state index in [0.29, 0.717) is 22.5 Å². The first-order chi connectivity index (χ1) is 13.6. The Kier molecular flexibility index (Phi) is 4.65. The van der Waals surface area contributed by atoms with E-state index in [4.69, 9.17) is 11.5 Å². The van der Waals surface area contributed by atoms with E-state index in [-0.39, 0.29) is 5.78 Å². The zero-order valence-electron chi connectivity index (χ0n) is 15.3. The van der Waals surface area contributed by atoms with Crippen LogP contribution in [0.4, 0.5) is 11.4 Å². The van der Waals surface area contributed by atoms with E-state index in [1.807, 2.05) is 42.5 Å². The van der Waals surface area contributed by atoms with Crippen LogP contribution in [0.25, 0.3) is 22.3 Å². The first-order valence-corrected chi connectivity index (χ1v) is 9.07. The summed E-state index contributed by atoms with van der Waals surface area (Å²) in [6, 6.07) is 31.2. The maximum Gasteiger partial charge on any atom is 0.193 e. The lowest BCUT2D eigenvalue weighted by Crippen LogP contribution is -2.03. The SMILES string of the molecule is Nc1cc(N)cc(C(=O)c2ccc(-c3ccc(-c4ccccc4)cc3)cc2)c1. The number of ketones is 1. The van der Waals surface area contributed by atoms with Gasteiger partial charge in [0.1, 0.15) is 0 Å². The van der Waals surface area contributed by atoms with Crippen LogP contribution >= 0.6 is 0 Å². The van der Waals surface area contributed by atoms with E-state index in [1.165, 1.54) is 11.1 Å². The Morgan fingerprint density at radius 2 is 0.929 bits per heavy atom. The van der Waals surface area contributed by atoms with Crippen molar-refractivity contribution in [3.63, 3.8) is 0 Å². The van der Waals surface area contributed by atoms with Gasteiger partial charge >= 0.3 is 0 Å². The molecule has 3 nitrogen and oxygen atoms in total. The molecule has 28 heavy (non-hydrogen) atoms. The Bertz CT molecular complexity index is 1100. The highest BCUT2D eigenvalue weighted by Gasteiger charge is 2.11. The summed E-state index contributed by atoms with van der Waals surface area (Å²) in [6.07, 6.45) is 0. The Labute approximate surface area is 164 Å². The Hall–Kier alpha value is -3.85. The highest BCUT2D eigenvalue weighted by Crippen LogP contribution is 2.26. The highest BCUT2D eigenvalue weighted by atomic mass is 16.1. The standard InChI is InChI=1S/C25H20N2O/c26-23-14-22(15-24(27)16-23)25(28)21-12-10-20(11-13-21)19-8-6-18(7-9-19)17-4-2-1-3-5-17/h1-16H,26-27H2. The van der Waals surface area contributed by atoms with E-state index in [2.05, 4.69) is 36.4 Å². The second kappa shape index (κ2) is 7.41. The van der Waals surface area contributed by atoms with Crippen molar-refractivity contribution in [1.82, 2.24) is 0 Å². The van der Waals surface area contributed by atoms with Gasteiger partial charge in [-0.2, -0.15) is 0 Å². The number of hydrogen-bond acceptors (Lipinski definition) is 3. The van der Waals surface area contributed by atoms with Crippen molar-refractivity contribution >= 4 is 17.2 Å². The summed E-state index contributed by atoms with van der Waals surface area (Å²) in [5, 5.41) is 0. The van der Waals surface area contributed by atoms with Gasteiger partial charge in [-0.25, -0.2) is 0 Å². The highest BCUT2D eigenvalue weighted by molar-refractivity contribution is 6.10. The summed E-state index contributed by atoms with van der Waals surface area (Å²) in [7, 11) is 0. The van der Waals surface area contributed by atoms with E-state index >= 15 is 0 Å². The monoisotopic (exact) mass is 364 g/mol. The molecule has 0 aliphatic carbocycles. The van der Waals surface area contributed by atoms with Gasteiger partial charge in [0, 0.05) is 22.5 Å². The van der Waals surface area contributed by atoms with Crippen molar-refractivity contribution in [2.24, 2.45) is 0 Å². The predicted molar refractivity (Wildman–Crippen MR) is 116 cm³/mol. The number of hydrogen-bond donors (Lipinski definition) is 2. The second-order valence-corrected chi connectivity index (χ2v) is 6.74. The maximum absolute atomic E-state index is 12.7. The fourth-order valence-electron chi connectivity index (χ4n) is 3.27. The van der Waals surface area contributed by atoms with Gasteiger partial charge in [-0.05, 0) is 40.5 Å². The Balaban J connectivity index is 1.57. The molecular weight excluding hydrogens is 344 g/mol. The minimum absolute atomic E-state index is 0.0926. The topological polar surface area (TPSA) is 69.1 Å². The third-order valence-electron chi connectivity index (χ3n) is 4.71. The van der Waals surface area contributed by atoms with Crippen LogP contribution in [-0.4, -0.2) is 5.78 Å². The lowest BCUT2D eigenvalue weighted by Gasteiger charge is -2.07. The number of carbonyl (C=O) groups is 1. The van der Waals surface area contributed by atoms with Crippen LogP contribution in [0.15, 0.2) is 97.1 Å². The molecule has 0 unspecified atom stereocenters. The van der Waals surface area contributed by atoms with Crippen LogP contribution in [0.3, 0.4) is 0 Å². The van der Waals surface area contributed by atoms with E-state index in [1.54, 1.807) is 18.2 Å². The summed E-state index contributed by atoms with van der Waals surface area (Å²) in [6.45, 7) is 0. The van der Waals surface area contributed by atoms with E-state index in [0.717, 1.165) is 11.1 Å². The number of benzene rings is 4. The van der Waals surface area contributed by atoms with Crippen LogP contribution in [0.1, 0.15) is 15.9 Å². The normalized spacial score (nSPS) is 10.6. The fourth-order valence-corrected chi connectivity index (χ4v) is 3.27. The van der Waals surface area contributed by atoms with Crippen molar-refractivity contribution in [2.75, 3.05) is 11.5 Å². The third-order valence-corrected chi connectivity index (χ3v) is 4.71. The molecule has 0 fully saturated rings. The molecule has 0 amide bonds. The molecule has 0 saturated heterocycles. The van der Waals surface area contributed by atoms with Crippen LogP contribution < -0.4 is 11.5 Å². The van der Waals surface area contributed by atoms with Gasteiger partial charge in [-0.15, -0.1) is 0 Å². The molecule has 4 N–H and O–H groups in total. The van der Waals surface area contributed by atoms with Crippen molar-refractivity contribution < 1.29 is 4.79 Å². The second-order valence-electron chi connectivity index (χ2n) is 6.74. The molecule has 0 atom stereocenters. The summed E-state index contributed by atoms with van der Waals surface area (Å²) < 4.78 is 0. The van der Waals surface area contributed by atoms with Crippen LogP contribution in [0.2, 0.25) is 0 Å². The quantitative estimate of drug-likeness (QED) is 0.375. The molecule has 3 heteroatoms. The molecule has 0 aromatic heterocycles. The zero-order valence-corrected chi connectivity index (χ0v) is 15.3. The minimum Gasteiger partial charge on any atom is -0.399 e. The number of nitrogen functional groups attached to an aromatic ring is 2. The fraction of sp³-hybridized carbons (Fsp3) is 0. The molecule has 0 bridgehead atoms.